The predicted octanol–water partition coefficient (Wildman–Crippen LogP) is 2.06. The number of fused-ring (bicyclic) bond motifs is 1. The van der Waals surface area contributed by atoms with E-state index in [4.69, 9.17) is 19.5 Å². The van der Waals surface area contributed by atoms with Crippen molar-refractivity contribution in [2.45, 2.75) is 54.4 Å². The molecule has 4 rings (SSSR count). The van der Waals surface area contributed by atoms with Gasteiger partial charge in [0.25, 0.3) is 0 Å². The first kappa shape index (κ1) is 44.8. The van der Waals surface area contributed by atoms with Crippen molar-refractivity contribution < 1.29 is 40.8 Å². The molecule has 0 unspecified atom stereocenters. The molecule has 6 nitrogen and oxygen atoms in total. The normalized spacial score (nSPS) is 17.3. The van der Waals surface area contributed by atoms with Crippen molar-refractivity contribution in [3.8, 4) is 0 Å². The molecule has 39 heavy (non-hydrogen) atoms. The van der Waals surface area contributed by atoms with Gasteiger partial charge in [0, 0.05) is 13.1 Å². The van der Waals surface area contributed by atoms with Crippen LogP contribution in [-0.2, 0) is 25.8 Å². The van der Waals surface area contributed by atoms with Crippen LogP contribution < -0.4 is 21.1 Å². The van der Waals surface area contributed by atoms with Crippen molar-refractivity contribution in [3.63, 3.8) is 0 Å². The molecule has 227 valence electrons. The van der Waals surface area contributed by atoms with Crippen molar-refractivity contribution in [3.05, 3.63) is 74.5 Å². The monoisotopic (exact) mass is 589 g/mol. The molecule has 2 heterocycles. The summed E-state index contributed by atoms with van der Waals surface area (Å²) in [5, 5.41) is 19.1. The first-order chi connectivity index (χ1) is 18.6. The molecule has 0 amide bonds. The molecule has 4 N–H and O–H groups in total. The Bertz CT molecular complexity index is 673. The van der Waals surface area contributed by atoms with Gasteiger partial charge in [-0.05, 0) is 0 Å². The first-order valence-corrected chi connectivity index (χ1v) is 14.3. The minimum atomic E-state index is -1.19. The van der Waals surface area contributed by atoms with E-state index in [1.54, 1.807) is 0 Å². The fraction of sp³-hybridized carbons (Fsp3) is 0.533. The molecule has 2 aliphatic heterocycles. The molecule has 2 aromatic rings. The van der Waals surface area contributed by atoms with E-state index in [0.29, 0.717) is 13.1 Å². The van der Waals surface area contributed by atoms with E-state index >= 15 is 0 Å². The average Bonchev–Trinajstić information content (AvgIpc) is 3.56. The van der Waals surface area contributed by atoms with Gasteiger partial charge in [-0.15, -0.1) is 0 Å². The number of rotatable bonds is 5. The second-order valence-electron chi connectivity index (χ2n) is 7.71. The number of quaternary nitrogens is 1. The Hall–Kier alpha value is -1.18. The predicted molar refractivity (Wildman–Crippen MR) is 169 cm³/mol. The van der Waals surface area contributed by atoms with Crippen molar-refractivity contribution in [1.82, 2.24) is 5.32 Å². The first-order valence-electron chi connectivity index (χ1n) is 14.3. The zero-order valence-corrected chi connectivity index (χ0v) is 26.6. The molecule has 0 aliphatic carbocycles. The summed E-state index contributed by atoms with van der Waals surface area (Å²) < 4.78 is 11.7. The van der Waals surface area contributed by atoms with Crippen LogP contribution in [0.15, 0.2) is 60.7 Å². The third kappa shape index (κ3) is 22.2. The Labute approximate surface area is 252 Å². The van der Waals surface area contributed by atoms with Crippen LogP contribution in [0.1, 0.15) is 54.4 Å². The van der Waals surface area contributed by atoms with Crippen LogP contribution in [0.25, 0.3) is 0 Å². The topological polar surface area (TPSA) is 75.4 Å². The van der Waals surface area contributed by atoms with Gasteiger partial charge >= 0.3 is 23.2 Å². The van der Waals surface area contributed by atoms with Gasteiger partial charge in [-0.2, -0.15) is 12.8 Å². The maximum Gasteiger partial charge on any atom is 2.00 e. The molecule has 0 saturated carbocycles. The van der Waals surface area contributed by atoms with Crippen molar-refractivity contribution in [2.24, 2.45) is 0 Å². The fourth-order valence-corrected chi connectivity index (χ4v) is 3.40. The molecule has 2 fully saturated rings. The van der Waals surface area contributed by atoms with Crippen LogP contribution >= 0.6 is 0 Å². The van der Waals surface area contributed by atoms with E-state index in [0.717, 1.165) is 44.6 Å². The van der Waals surface area contributed by atoms with E-state index in [9.17, 15) is 0 Å². The number of benzene rings is 2. The molecular formula is C30H57B2N2NiO4. The summed E-state index contributed by atoms with van der Waals surface area (Å²) in [5.41, 5.74) is 2.28. The van der Waals surface area contributed by atoms with E-state index < -0.39 is 6.69 Å². The minimum absolute atomic E-state index is 0. The summed E-state index contributed by atoms with van der Waals surface area (Å²) in [5.74, 6) is 0. The van der Waals surface area contributed by atoms with Crippen LogP contribution in [0.3, 0.4) is 0 Å². The Morgan fingerprint density at radius 3 is 1.46 bits per heavy atom. The Morgan fingerprint density at radius 2 is 1.15 bits per heavy atom. The number of hydrogen-bond acceptors (Lipinski definition) is 5. The molecule has 0 bridgehead atoms. The maximum absolute atomic E-state index is 8.15. The van der Waals surface area contributed by atoms with E-state index in [2.05, 4.69) is 39.1 Å². The summed E-state index contributed by atoms with van der Waals surface area (Å²) in [7, 11) is 3.72. The number of nitrogens with one attached hydrogen (secondary N) is 2. The van der Waals surface area contributed by atoms with E-state index in [1.807, 2.05) is 90.1 Å². The van der Waals surface area contributed by atoms with E-state index in [-0.39, 0.29) is 29.7 Å². The summed E-state index contributed by atoms with van der Waals surface area (Å²) in [6.07, 6.45) is 2.00. The zero-order valence-electron chi connectivity index (χ0n) is 25.6. The van der Waals surface area contributed by atoms with Gasteiger partial charge in [-0.25, -0.2) is 0 Å². The van der Waals surface area contributed by atoms with Gasteiger partial charge in [0.1, 0.15) is 7.85 Å². The molecule has 0 spiro atoms. The minimum Gasteiger partial charge on any atom is -0.505 e. The van der Waals surface area contributed by atoms with E-state index in [1.165, 1.54) is 10.3 Å². The average molecular weight is 590 g/mol. The van der Waals surface area contributed by atoms with Crippen LogP contribution in [0.4, 0.5) is 0 Å². The largest absolute Gasteiger partial charge is 2.00 e. The summed E-state index contributed by atoms with van der Waals surface area (Å²) in [6, 6.07) is 20.2. The summed E-state index contributed by atoms with van der Waals surface area (Å²) in [4.78, 5) is 1.47. The number of aliphatic hydroxyl groups excluding tert-OH is 2. The molecule has 2 aliphatic rings. The third-order valence-corrected chi connectivity index (χ3v) is 4.75. The van der Waals surface area contributed by atoms with Crippen LogP contribution in [0, 0.1) is 13.8 Å². The quantitative estimate of drug-likeness (QED) is 0.244. The SMILES string of the molecule is CC.CC.OCCNCCO.[BH]c1ccccc1.[CH2-]CC.[CH2-]CC.[Ni+2].c1ccc([B-]23OCC[NH+]2CCO3)cc1. The van der Waals surface area contributed by atoms with Crippen LogP contribution in [0.2, 0.25) is 0 Å². The molecular weight excluding hydrogens is 533 g/mol. The van der Waals surface area contributed by atoms with Crippen LogP contribution in [-0.4, -0.2) is 77.4 Å². The second kappa shape index (κ2) is 34.9. The summed E-state index contributed by atoms with van der Waals surface area (Å²) in [6.45, 7) is 23.0. The number of aliphatic hydroxyl groups is 2. The summed E-state index contributed by atoms with van der Waals surface area (Å²) >= 11 is 0. The van der Waals surface area contributed by atoms with Gasteiger partial charge in [-0.3, -0.25) is 0 Å². The molecule has 1 radical (unpaired) electrons. The fourth-order valence-electron chi connectivity index (χ4n) is 3.40. The van der Waals surface area contributed by atoms with Gasteiger partial charge in [0.15, 0.2) is 0 Å². The van der Waals surface area contributed by atoms with Gasteiger partial charge < -0.3 is 43.5 Å². The molecule has 2 saturated heterocycles. The maximum atomic E-state index is 8.15. The number of hydrogen-bond donors (Lipinski definition) is 4. The Balaban J connectivity index is -0.000000212. The van der Waals surface area contributed by atoms with Gasteiger partial charge in [0.2, 0.25) is 0 Å². The molecule has 2 aromatic carbocycles. The standard InChI is InChI=1S/C10H14BNO2.C6H6B.C4H11NO2.2C3H7.2C2H6.Ni/c1-2-4-10(5-3-1)11-12(6-8-13-11)7-9-14-11;7-6-4-2-1-3-5-6;6-3-1-5-2-4-7;2*1-3-2;2*1-2;/h1-5,12H,6-9H2;1-5,7H;5-7H,1-4H2;2*1,3H2,2H3;2*1-2H3;/q;;;2*-1;;;+2. The Kier molecular flexibility index (Phi) is 40.1. The zero-order chi connectivity index (χ0) is 29.5. The second-order valence-corrected chi connectivity index (χ2v) is 7.71. The molecule has 0 aromatic heterocycles. The third-order valence-electron chi connectivity index (χ3n) is 4.75. The van der Waals surface area contributed by atoms with Gasteiger partial charge in [-0.1, -0.05) is 113 Å². The van der Waals surface area contributed by atoms with Crippen molar-refractivity contribution in [2.75, 3.05) is 52.6 Å². The van der Waals surface area contributed by atoms with Crippen molar-refractivity contribution in [1.29, 1.82) is 0 Å². The molecule has 0 atom stereocenters. The molecule has 9 heteroatoms. The smallest absolute Gasteiger partial charge is 0.505 e. The van der Waals surface area contributed by atoms with Gasteiger partial charge in [0.05, 0.1) is 39.5 Å². The Morgan fingerprint density at radius 1 is 0.795 bits per heavy atom. The van der Waals surface area contributed by atoms with Crippen LogP contribution in [0.5, 0.6) is 0 Å². The van der Waals surface area contributed by atoms with Crippen molar-refractivity contribution >= 4 is 25.5 Å².